The highest BCUT2D eigenvalue weighted by molar-refractivity contribution is 8.00. The summed E-state index contributed by atoms with van der Waals surface area (Å²) >= 11 is 1.27. The Kier molecular flexibility index (Phi) is 6.12. The molecule has 0 saturated carbocycles. The van der Waals surface area contributed by atoms with Crippen molar-refractivity contribution in [3.63, 3.8) is 0 Å². The van der Waals surface area contributed by atoms with Crippen molar-refractivity contribution in [1.82, 2.24) is 20.1 Å². The van der Waals surface area contributed by atoms with Crippen LogP contribution in [0.25, 0.3) is 11.4 Å². The standard InChI is InChI=1S/C15H19FN4O2S/c1-10(14(21)17-8-9-22-3)23-15-19-18-13(20(15)2)11-6-4-5-7-12(11)16/h4-7,10H,8-9H2,1-3H3,(H,17,21)/t10-/m1/s1. The zero-order chi connectivity index (χ0) is 16.8. The topological polar surface area (TPSA) is 69.0 Å². The molecule has 0 bridgehead atoms. The Balaban J connectivity index is 2.08. The lowest BCUT2D eigenvalue weighted by Gasteiger charge is -2.11. The molecule has 0 fully saturated rings. The van der Waals surface area contributed by atoms with Crippen LogP contribution >= 0.6 is 11.8 Å². The predicted molar refractivity (Wildman–Crippen MR) is 86.6 cm³/mol. The van der Waals surface area contributed by atoms with Gasteiger partial charge in [-0.2, -0.15) is 0 Å². The summed E-state index contributed by atoms with van der Waals surface area (Å²) in [4.78, 5) is 12.0. The van der Waals surface area contributed by atoms with E-state index in [0.29, 0.717) is 29.7 Å². The molecule has 1 N–H and O–H groups in total. The Hall–Kier alpha value is -1.93. The van der Waals surface area contributed by atoms with Crippen LogP contribution in [0.3, 0.4) is 0 Å². The molecular formula is C15H19FN4O2S. The molecule has 6 nitrogen and oxygen atoms in total. The number of halogens is 1. The highest BCUT2D eigenvalue weighted by Gasteiger charge is 2.20. The number of benzene rings is 1. The number of nitrogens with zero attached hydrogens (tertiary/aromatic N) is 3. The highest BCUT2D eigenvalue weighted by atomic mass is 32.2. The van der Waals surface area contributed by atoms with Gasteiger partial charge in [0.25, 0.3) is 0 Å². The Labute approximate surface area is 138 Å². The summed E-state index contributed by atoms with van der Waals surface area (Å²) < 4.78 is 20.4. The molecule has 1 heterocycles. The van der Waals surface area contributed by atoms with Crippen molar-refractivity contribution >= 4 is 17.7 Å². The van der Waals surface area contributed by atoms with Gasteiger partial charge in [-0.3, -0.25) is 4.79 Å². The molecule has 0 spiro atoms. The fourth-order valence-corrected chi connectivity index (χ4v) is 2.77. The average molecular weight is 338 g/mol. The third-order valence-corrected chi connectivity index (χ3v) is 4.34. The molecule has 0 radical (unpaired) electrons. The molecule has 1 aromatic carbocycles. The van der Waals surface area contributed by atoms with Gasteiger partial charge >= 0.3 is 0 Å². The summed E-state index contributed by atoms with van der Waals surface area (Å²) in [5.41, 5.74) is 0.381. The number of hydrogen-bond acceptors (Lipinski definition) is 5. The Morgan fingerprint density at radius 3 is 2.87 bits per heavy atom. The molecule has 124 valence electrons. The van der Waals surface area contributed by atoms with Crippen molar-refractivity contribution in [3.05, 3.63) is 30.1 Å². The molecule has 0 aliphatic heterocycles. The summed E-state index contributed by atoms with van der Waals surface area (Å²) in [5, 5.41) is 11.1. The number of amides is 1. The lowest BCUT2D eigenvalue weighted by atomic mass is 10.2. The van der Waals surface area contributed by atoms with Gasteiger partial charge in [0.1, 0.15) is 5.82 Å². The van der Waals surface area contributed by atoms with E-state index in [1.165, 1.54) is 17.8 Å². The zero-order valence-corrected chi connectivity index (χ0v) is 14.1. The quantitative estimate of drug-likeness (QED) is 0.616. The lowest BCUT2D eigenvalue weighted by Crippen LogP contribution is -2.33. The molecule has 1 amide bonds. The number of ether oxygens (including phenoxy) is 1. The van der Waals surface area contributed by atoms with Crippen LogP contribution in [0.1, 0.15) is 6.92 Å². The van der Waals surface area contributed by atoms with Crippen LogP contribution in [0.5, 0.6) is 0 Å². The van der Waals surface area contributed by atoms with Crippen LogP contribution in [-0.4, -0.2) is 46.2 Å². The smallest absolute Gasteiger partial charge is 0.233 e. The summed E-state index contributed by atoms with van der Waals surface area (Å²) in [6.07, 6.45) is 0. The molecule has 0 aliphatic rings. The fourth-order valence-electron chi connectivity index (χ4n) is 1.93. The van der Waals surface area contributed by atoms with Gasteiger partial charge in [0.2, 0.25) is 5.91 Å². The SMILES string of the molecule is COCCNC(=O)[C@@H](C)Sc1nnc(-c2ccccc2F)n1C. The first-order valence-corrected chi connectivity index (χ1v) is 8.00. The number of carbonyl (C=O) groups is 1. The number of methoxy groups -OCH3 is 1. The number of nitrogens with one attached hydrogen (secondary N) is 1. The molecule has 1 aromatic heterocycles. The predicted octanol–water partition coefficient (Wildman–Crippen LogP) is 1.86. The van der Waals surface area contributed by atoms with E-state index >= 15 is 0 Å². The maximum atomic E-state index is 13.9. The van der Waals surface area contributed by atoms with Gasteiger partial charge in [-0.15, -0.1) is 10.2 Å². The van der Waals surface area contributed by atoms with Crippen molar-refractivity contribution in [2.45, 2.75) is 17.3 Å². The van der Waals surface area contributed by atoms with Crippen molar-refractivity contribution < 1.29 is 13.9 Å². The van der Waals surface area contributed by atoms with Gasteiger partial charge < -0.3 is 14.6 Å². The molecule has 0 unspecified atom stereocenters. The van der Waals surface area contributed by atoms with E-state index in [1.54, 1.807) is 43.8 Å². The molecular weight excluding hydrogens is 319 g/mol. The molecule has 8 heteroatoms. The van der Waals surface area contributed by atoms with E-state index in [-0.39, 0.29) is 17.0 Å². The Morgan fingerprint density at radius 1 is 1.43 bits per heavy atom. The normalized spacial score (nSPS) is 12.2. The van der Waals surface area contributed by atoms with Gasteiger partial charge in [-0.25, -0.2) is 4.39 Å². The monoisotopic (exact) mass is 338 g/mol. The van der Waals surface area contributed by atoms with E-state index in [2.05, 4.69) is 15.5 Å². The van der Waals surface area contributed by atoms with Crippen LogP contribution in [0.15, 0.2) is 29.4 Å². The minimum absolute atomic E-state index is 0.109. The maximum absolute atomic E-state index is 13.9. The highest BCUT2D eigenvalue weighted by Crippen LogP contribution is 2.26. The van der Waals surface area contributed by atoms with Gasteiger partial charge in [0, 0.05) is 20.7 Å². The molecule has 23 heavy (non-hydrogen) atoms. The molecule has 2 rings (SSSR count). The third kappa shape index (κ3) is 4.29. The van der Waals surface area contributed by atoms with E-state index in [1.807, 2.05) is 0 Å². The fraction of sp³-hybridized carbons (Fsp3) is 0.400. The van der Waals surface area contributed by atoms with Crippen LogP contribution in [-0.2, 0) is 16.6 Å². The van der Waals surface area contributed by atoms with E-state index in [9.17, 15) is 9.18 Å². The van der Waals surface area contributed by atoms with Crippen LogP contribution in [0.2, 0.25) is 0 Å². The molecule has 0 aliphatic carbocycles. The van der Waals surface area contributed by atoms with Crippen molar-refractivity contribution in [2.24, 2.45) is 7.05 Å². The average Bonchev–Trinajstić information content (AvgIpc) is 2.89. The minimum Gasteiger partial charge on any atom is -0.383 e. The molecule has 0 saturated heterocycles. The van der Waals surface area contributed by atoms with Crippen molar-refractivity contribution in [1.29, 1.82) is 0 Å². The second-order valence-corrected chi connectivity index (χ2v) is 6.20. The number of carbonyl (C=O) groups excluding carboxylic acids is 1. The lowest BCUT2D eigenvalue weighted by molar-refractivity contribution is -0.120. The Morgan fingerprint density at radius 2 is 2.17 bits per heavy atom. The van der Waals surface area contributed by atoms with Crippen molar-refractivity contribution in [3.8, 4) is 11.4 Å². The van der Waals surface area contributed by atoms with E-state index in [4.69, 9.17) is 4.74 Å². The van der Waals surface area contributed by atoms with Gasteiger partial charge in [0.05, 0.1) is 17.4 Å². The van der Waals surface area contributed by atoms with E-state index < -0.39 is 0 Å². The number of hydrogen-bond donors (Lipinski definition) is 1. The third-order valence-electron chi connectivity index (χ3n) is 3.21. The largest absolute Gasteiger partial charge is 0.383 e. The second kappa shape index (κ2) is 8.07. The van der Waals surface area contributed by atoms with Crippen LogP contribution in [0.4, 0.5) is 4.39 Å². The maximum Gasteiger partial charge on any atom is 0.233 e. The summed E-state index contributed by atoms with van der Waals surface area (Å²) in [7, 11) is 3.33. The number of rotatable bonds is 7. The number of thioether (sulfide) groups is 1. The first-order valence-electron chi connectivity index (χ1n) is 7.12. The van der Waals surface area contributed by atoms with Crippen molar-refractivity contribution in [2.75, 3.05) is 20.3 Å². The van der Waals surface area contributed by atoms with Crippen LogP contribution < -0.4 is 5.32 Å². The summed E-state index contributed by atoms with van der Waals surface area (Å²) in [6.45, 7) is 2.70. The van der Waals surface area contributed by atoms with Gasteiger partial charge in [-0.1, -0.05) is 23.9 Å². The Bertz CT molecular complexity index is 677. The first kappa shape index (κ1) is 17.4. The van der Waals surface area contributed by atoms with Crippen LogP contribution in [0, 0.1) is 5.82 Å². The summed E-state index contributed by atoms with van der Waals surface area (Å²) in [6, 6.07) is 6.39. The van der Waals surface area contributed by atoms with E-state index in [0.717, 1.165) is 0 Å². The zero-order valence-electron chi connectivity index (χ0n) is 13.2. The number of aromatic nitrogens is 3. The minimum atomic E-state index is -0.357. The summed E-state index contributed by atoms with van der Waals surface area (Å²) in [5.74, 6) is -0.0370. The van der Waals surface area contributed by atoms with Gasteiger partial charge in [0.15, 0.2) is 11.0 Å². The second-order valence-electron chi connectivity index (χ2n) is 4.89. The van der Waals surface area contributed by atoms with Gasteiger partial charge in [-0.05, 0) is 19.1 Å². The molecule has 2 aromatic rings. The first-order chi connectivity index (χ1) is 11.0. The molecule has 1 atom stereocenters.